The molecule has 1 aromatic heterocycles. The highest BCUT2D eigenvalue weighted by atomic mass is 16.5. The maximum Gasteiger partial charge on any atom is 0.124 e. The fraction of sp³-hybridized carbons (Fsp3) is 0.769. The highest BCUT2D eigenvalue weighted by Gasteiger charge is 2.50. The lowest BCUT2D eigenvalue weighted by Gasteiger charge is -2.53. The van der Waals surface area contributed by atoms with Gasteiger partial charge in [-0.1, -0.05) is 19.0 Å². The Morgan fingerprint density at radius 3 is 3.00 bits per heavy atom. The summed E-state index contributed by atoms with van der Waals surface area (Å²) in [5, 5.41) is 7.46. The van der Waals surface area contributed by atoms with Gasteiger partial charge in [0.1, 0.15) is 6.26 Å². The molecule has 1 N–H and O–H groups in total. The monoisotopic (exact) mass is 238 g/mol. The quantitative estimate of drug-likeness (QED) is 0.826. The van der Waals surface area contributed by atoms with Gasteiger partial charge in [0, 0.05) is 30.7 Å². The molecule has 0 spiro atoms. The largest absolute Gasteiger partial charge is 0.378 e. The summed E-state index contributed by atoms with van der Waals surface area (Å²) in [5.41, 5.74) is 1.21. The number of nitrogens with one attached hydrogen (secondary N) is 1. The van der Waals surface area contributed by atoms with Crippen LogP contribution in [0.15, 0.2) is 16.9 Å². The third kappa shape index (κ3) is 2.38. The Morgan fingerprint density at radius 1 is 1.59 bits per heavy atom. The summed E-state index contributed by atoms with van der Waals surface area (Å²) in [6.45, 7) is 8.17. The second kappa shape index (κ2) is 5.19. The molecule has 1 fully saturated rings. The third-order valence-electron chi connectivity index (χ3n) is 4.13. The van der Waals surface area contributed by atoms with Crippen LogP contribution in [0.5, 0.6) is 0 Å². The van der Waals surface area contributed by atoms with Crippen LogP contribution in [-0.2, 0) is 11.3 Å². The van der Waals surface area contributed by atoms with E-state index in [4.69, 9.17) is 9.26 Å². The Bertz CT molecular complexity index is 339. The van der Waals surface area contributed by atoms with E-state index in [1.54, 1.807) is 6.26 Å². The van der Waals surface area contributed by atoms with E-state index < -0.39 is 0 Å². The van der Waals surface area contributed by atoms with Crippen LogP contribution in [0.25, 0.3) is 0 Å². The van der Waals surface area contributed by atoms with Gasteiger partial charge >= 0.3 is 0 Å². The molecule has 2 rings (SSSR count). The van der Waals surface area contributed by atoms with E-state index in [0.29, 0.717) is 12.1 Å². The molecule has 0 saturated heterocycles. The first-order chi connectivity index (χ1) is 8.20. The van der Waals surface area contributed by atoms with E-state index >= 15 is 0 Å². The average molecular weight is 238 g/mol. The van der Waals surface area contributed by atoms with Crippen molar-refractivity contribution in [2.45, 2.75) is 52.3 Å². The first-order valence-corrected chi connectivity index (χ1v) is 6.45. The van der Waals surface area contributed by atoms with Crippen molar-refractivity contribution in [2.75, 3.05) is 6.61 Å². The number of nitrogens with zero attached hydrogens (tertiary/aromatic N) is 1. The van der Waals surface area contributed by atoms with Crippen LogP contribution in [0.4, 0.5) is 0 Å². The Hall–Kier alpha value is -0.870. The molecule has 0 radical (unpaired) electrons. The molecule has 1 aromatic rings. The van der Waals surface area contributed by atoms with Crippen molar-refractivity contribution in [2.24, 2.45) is 5.41 Å². The molecule has 0 aromatic carbocycles. The average Bonchev–Trinajstić information content (AvgIpc) is 2.84. The van der Waals surface area contributed by atoms with Crippen molar-refractivity contribution in [1.82, 2.24) is 10.5 Å². The van der Waals surface area contributed by atoms with Crippen molar-refractivity contribution in [3.8, 4) is 0 Å². The highest BCUT2D eigenvalue weighted by molar-refractivity contribution is 5.06. The van der Waals surface area contributed by atoms with Crippen molar-refractivity contribution in [1.29, 1.82) is 0 Å². The minimum atomic E-state index is 0.250. The van der Waals surface area contributed by atoms with Gasteiger partial charge in [-0.05, 0) is 19.8 Å². The van der Waals surface area contributed by atoms with Crippen LogP contribution >= 0.6 is 0 Å². The van der Waals surface area contributed by atoms with E-state index in [1.807, 2.05) is 6.07 Å². The fourth-order valence-corrected chi connectivity index (χ4v) is 2.62. The Morgan fingerprint density at radius 2 is 2.41 bits per heavy atom. The maximum atomic E-state index is 5.78. The van der Waals surface area contributed by atoms with Gasteiger partial charge in [0.2, 0.25) is 0 Å². The molecule has 96 valence electrons. The van der Waals surface area contributed by atoms with Crippen LogP contribution in [-0.4, -0.2) is 23.9 Å². The van der Waals surface area contributed by atoms with E-state index in [9.17, 15) is 0 Å². The lowest BCUT2D eigenvalue weighted by atomic mass is 9.61. The number of rotatable bonds is 6. The zero-order valence-electron chi connectivity index (χ0n) is 10.9. The van der Waals surface area contributed by atoms with Crippen LogP contribution in [0.2, 0.25) is 0 Å². The molecule has 3 unspecified atom stereocenters. The molecular weight excluding hydrogens is 216 g/mol. The summed E-state index contributed by atoms with van der Waals surface area (Å²) in [6.07, 6.45) is 4.23. The van der Waals surface area contributed by atoms with Gasteiger partial charge in [-0.3, -0.25) is 0 Å². The molecule has 4 nitrogen and oxygen atoms in total. The van der Waals surface area contributed by atoms with Gasteiger partial charge in [-0.2, -0.15) is 0 Å². The third-order valence-corrected chi connectivity index (χ3v) is 4.13. The molecule has 3 atom stereocenters. The van der Waals surface area contributed by atoms with Gasteiger partial charge in [0.05, 0.1) is 11.8 Å². The second-order valence-electron chi connectivity index (χ2n) is 4.96. The summed E-state index contributed by atoms with van der Waals surface area (Å²) in [5.74, 6) is 0. The highest BCUT2D eigenvalue weighted by Crippen LogP contribution is 2.45. The zero-order valence-corrected chi connectivity index (χ0v) is 10.9. The fourth-order valence-electron chi connectivity index (χ4n) is 2.62. The van der Waals surface area contributed by atoms with Crippen LogP contribution in [0.1, 0.15) is 39.3 Å². The van der Waals surface area contributed by atoms with Gasteiger partial charge in [0.25, 0.3) is 0 Å². The van der Waals surface area contributed by atoms with Crippen LogP contribution < -0.4 is 5.32 Å². The summed E-state index contributed by atoms with van der Waals surface area (Å²) >= 11 is 0. The Labute approximate surface area is 103 Å². The summed E-state index contributed by atoms with van der Waals surface area (Å²) in [7, 11) is 0. The van der Waals surface area contributed by atoms with Gasteiger partial charge < -0.3 is 14.6 Å². The number of hydrogen-bond donors (Lipinski definition) is 1. The van der Waals surface area contributed by atoms with Crippen LogP contribution in [0, 0.1) is 5.41 Å². The molecule has 17 heavy (non-hydrogen) atoms. The van der Waals surface area contributed by atoms with Crippen molar-refractivity contribution in [3.63, 3.8) is 0 Å². The first-order valence-electron chi connectivity index (χ1n) is 6.45. The first kappa shape index (κ1) is 12.6. The Kier molecular flexibility index (Phi) is 3.84. The summed E-state index contributed by atoms with van der Waals surface area (Å²) < 4.78 is 10.6. The molecule has 0 amide bonds. The van der Waals surface area contributed by atoms with Crippen molar-refractivity contribution < 1.29 is 9.26 Å². The molecular formula is C13H22N2O2. The molecule has 1 aliphatic rings. The predicted molar refractivity (Wildman–Crippen MR) is 65.6 cm³/mol. The molecule has 0 aliphatic heterocycles. The van der Waals surface area contributed by atoms with E-state index in [2.05, 4.69) is 31.2 Å². The normalized spacial score (nSPS) is 32.4. The lowest BCUT2D eigenvalue weighted by molar-refractivity contribution is -0.126. The maximum absolute atomic E-state index is 5.78. The van der Waals surface area contributed by atoms with Crippen molar-refractivity contribution in [3.05, 3.63) is 18.0 Å². The SMILES string of the molecule is CCOC1CC(NCc2ccon2)C1(C)CC. The minimum absolute atomic E-state index is 0.250. The topological polar surface area (TPSA) is 47.3 Å². The molecule has 1 heterocycles. The molecule has 1 saturated carbocycles. The standard InChI is InChI=1S/C13H22N2O2/c1-4-13(3)11(8-12(13)16-5-2)14-9-10-6-7-17-15-10/h6-7,11-12,14H,4-5,8-9H2,1-3H3. The predicted octanol–water partition coefficient (Wildman–Crippen LogP) is 2.36. The van der Waals surface area contributed by atoms with E-state index in [1.165, 1.54) is 0 Å². The summed E-state index contributed by atoms with van der Waals surface area (Å²) in [6, 6.07) is 2.41. The Balaban J connectivity index is 1.86. The molecule has 4 heteroatoms. The van der Waals surface area contributed by atoms with E-state index in [-0.39, 0.29) is 5.41 Å². The molecule has 1 aliphatic carbocycles. The van der Waals surface area contributed by atoms with Crippen molar-refractivity contribution >= 4 is 0 Å². The van der Waals surface area contributed by atoms with E-state index in [0.717, 1.165) is 31.7 Å². The van der Waals surface area contributed by atoms with Gasteiger partial charge in [-0.25, -0.2) is 0 Å². The number of hydrogen-bond acceptors (Lipinski definition) is 4. The van der Waals surface area contributed by atoms with Crippen LogP contribution in [0.3, 0.4) is 0 Å². The zero-order chi connectivity index (χ0) is 12.3. The smallest absolute Gasteiger partial charge is 0.124 e. The minimum Gasteiger partial charge on any atom is -0.378 e. The molecule has 0 bridgehead atoms. The van der Waals surface area contributed by atoms with Gasteiger partial charge in [-0.15, -0.1) is 0 Å². The van der Waals surface area contributed by atoms with Gasteiger partial charge in [0.15, 0.2) is 0 Å². The second-order valence-corrected chi connectivity index (χ2v) is 4.96. The summed E-state index contributed by atoms with van der Waals surface area (Å²) in [4.78, 5) is 0. The lowest BCUT2D eigenvalue weighted by Crippen LogP contribution is -2.61. The number of ether oxygens (including phenoxy) is 1. The number of aromatic nitrogens is 1.